The maximum Gasteiger partial charge on any atom is 0.265 e. The van der Waals surface area contributed by atoms with Crippen LogP contribution in [0.3, 0.4) is 0 Å². The van der Waals surface area contributed by atoms with Crippen LogP contribution < -0.4 is 5.32 Å². The predicted molar refractivity (Wildman–Crippen MR) is 76.0 cm³/mol. The van der Waals surface area contributed by atoms with Gasteiger partial charge in [-0.1, -0.05) is 4.49 Å². The average Bonchev–Trinajstić information content (AvgIpc) is 2.85. The molecule has 110 valence electrons. The number of rotatable bonds is 4. The molecule has 1 N–H and O–H groups in total. The highest BCUT2D eigenvalue weighted by molar-refractivity contribution is 7.07. The zero-order valence-electron chi connectivity index (χ0n) is 11.7. The van der Waals surface area contributed by atoms with E-state index in [0.717, 1.165) is 50.7 Å². The van der Waals surface area contributed by atoms with Gasteiger partial charge in [0.2, 0.25) is 0 Å². The van der Waals surface area contributed by atoms with Gasteiger partial charge < -0.3 is 10.1 Å². The molecule has 1 aromatic rings. The van der Waals surface area contributed by atoms with Crippen molar-refractivity contribution in [1.29, 1.82) is 0 Å². The molecule has 0 radical (unpaired) electrons. The molecule has 6 nitrogen and oxygen atoms in total. The van der Waals surface area contributed by atoms with Crippen molar-refractivity contribution in [2.24, 2.45) is 0 Å². The second-order valence-electron chi connectivity index (χ2n) is 5.55. The van der Waals surface area contributed by atoms with Crippen molar-refractivity contribution in [1.82, 2.24) is 19.8 Å². The van der Waals surface area contributed by atoms with Gasteiger partial charge in [-0.05, 0) is 37.7 Å². The third-order valence-electron chi connectivity index (χ3n) is 4.40. The number of amides is 1. The summed E-state index contributed by atoms with van der Waals surface area (Å²) in [6.45, 7) is 6.07. The first kappa shape index (κ1) is 13.9. The lowest BCUT2D eigenvalue weighted by molar-refractivity contribution is -0.0540. The summed E-state index contributed by atoms with van der Waals surface area (Å²) >= 11 is 1.16. The number of nitrogens with zero attached hydrogens (tertiary/aromatic N) is 3. The van der Waals surface area contributed by atoms with Crippen molar-refractivity contribution in [3.63, 3.8) is 0 Å². The van der Waals surface area contributed by atoms with E-state index in [-0.39, 0.29) is 11.4 Å². The van der Waals surface area contributed by atoms with E-state index in [4.69, 9.17) is 4.74 Å². The average molecular weight is 296 g/mol. The van der Waals surface area contributed by atoms with Crippen LogP contribution in [-0.2, 0) is 4.74 Å². The van der Waals surface area contributed by atoms with Gasteiger partial charge in [0, 0.05) is 25.2 Å². The molecule has 0 unspecified atom stereocenters. The van der Waals surface area contributed by atoms with Crippen molar-refractivity contribution in [3.05, 3.63) is 10.6 Å². The Labute approximate surface area is 122 Å². The van der Waals surface area contributed by atoms with Crippen LogP contribution in [-0.4, -0.2) is 58.8 Å². The summed E-state index contributed by atoms with van der Waals surface area (Å²) < 4.78 is 9.23. The van der Waals surface area contributed by atoms with Gasteiger partial charge in [-0.3, -0.25) is 9.69 Å². The number of ether oxygens (including phenoxy) is 1. The minimum absolute atomic E-state index is 0.0444. The second-order valence-corrected chi connectivity index (χ2v) is 6.30. The van der Waals surface area contributed by atoms with Crippen LogP contribution in [0.2, 0.25) is 0 Å². The summed E-state index contributed by atoms with van der Waals surface area (Å²) in [7, 11) is 0. The van der Waals surface area contributed by atoms with Crippen LogP contribution in [0.15, 0.2) is 0 Å². The summed E-state index contributed by atoms with van der Waals surface area (Å²) in [6.07, 6.45) is 3.56. The first-order valence-electron chi connectivity index (χ1n) is 7.11. The zero-order chi connectivity index (χ0) is 14.0. The molecule has 1 aromatic heterocycles. The fraction of sp³-hybridized carbons (Fsp3) is 0.769. The van der Waals surface area contributed by atoms with E-state index in [1.165, 1.54) is 6.42 Å². The van der Waals surface area contributed by atoms with Crippen LogP contribution in [0, 0.1) is 6.92 Å². The normalized spacial score (nSPS) is 22.2. The smallest absolute Gasteiger partial charge is 0.265 e. The SMILES string of the molecule is Cc1nnsc1C(=O)NCC1(N2CCOCC2)CCC1. The van der Waals surface area contributed by atoms with Crippen LogP contribution in [0.5, 0.6) is 0 Å². The molecule has 1 amide bonds. The quantitative estimate of drug-likeness (QED) is 0.891. The molecule has 0 aromatic carbocycles. The molecular weight excluding hydrogens is 276 g/mol. The molecule has 3 rings (SSSR count). The molecule has 2 aliphatic rings. The molecule has 1 aliphatic heterocycles. The highest BCUT2D eigenvalue weighted by Gasteiger charge is 2.43. The van der Waals surface area contributed by atoms with Crippen molar-refractivity contribution in [3.8, 4) is 0 Å². The van der Waals surface area contributed by atoms with Crippen LogP contribution in [0.25, 0.3) is 0 Å². The molecule has 2 fully saturated rings. The number of morpholine rings is 1. The van der Waals surface area contributed by atoms with E-state index in [1.54, 1.807) is 0 Å². The van der Waals surface area contributed by atoms with Crippen LogP contribution in [0.4, 0.5) is 0 Å². The van der Waals surface area contributed by atoms with Gasteiger partial charge in [0.25, 0.3) is 5.91 Å². The first-order valence-corrected chi connectivity index (χ1v) is 7.89. The van der Waals surface area contributed by atoms with Gasteiger partial charge in [-0.2, -0.15) is 0 Å². The largest absolute Gasteiger partial charge is 0.379 e. The molecular formula is C13H20N4O2S. The summed E-state index contributed by atoms with van der Waals surface area (Å²) in [5.41, 5.74) is 0.854. The van der Waals surface area contributed by atoms with E-state index >= 15 is 0 Å². The molecule has 20 heavy (non-hydrogen) atoms. The third-order valence-corrected chi connectivity index (χ3v) is 5.23. The summed E-state index contributed by atoms with van der Waals surface area (Å²) in [4.78, 5) is 15.3. The number of nitrogens with one attached hydrogen (secondary N) is 1. The Morgan fingerprint density at radius 2 is 2.20 bits per heavy atom. The van der Waals surface area contributed by atoms with Gasteiger partial charge in [0.05, 0.1) is 18.9 Å². The van der Waals surface area contributed by atoms with E-state index < -0.39 is 0 Å². The zero-order valence-corrected chi connectivity index (χ0v) is 12.5. The molecule has 1 aliphatic carbocycles. The molecule has 1 saturated heterocycles. The van der Waals surface area contributed by atoms with Crippen molar-refractivity contribution < 1.29 is 9.53 Å². The predicted octanol–water partition coefficient (Wildman–Crippen LogP) is 0.831. The van der Waals surface area contributed by atoms with E-state index in [9.17, 15) is 4.79 Å². The minimum Gasteiger partial charge on any atom is -0.379 e. The van der Waals surface area contributed by atoms with Crippen molar-refractivity contribution in [2.75, 3.05) is 32.8 Å². The highest BCUT2D eigenvalue weighted by Crippen LogP contribution is 2.37. The fourth-order valence-electron chi connectivity index (χ4n) is 2.99. The van der Waals surface area contributed by atoms with E-state index in [1.807, 2.05) is 6.92 Å². The Morgan fingerprint density at radius 3 is 2.75 bits per heavy atom. The van der Waals surface area contributed by atoms with Gasteiger partial charge in [-0.15, -0.1) is 5.10 Å². The van der Waals surface area contributed by atoms with Crippen molar-refractivity contribution in [2.45, 2.75) is 31.7 Å². The number of aromatic nitrogens is 2. The fourth-order valence-corrected chi connectivity index (χ4v) is 3.57. The van der Waals surface area contributed by atoms with Gasteiger partial charge in [0.1, 0.15) is 4.88 Å². The summed E-state index contributed by atoms with van der Waals surface area (Å²) in [6, 6.07) is 0. The van der Waals surface area contributed by atoms with Gasteiger partial charge in [-0.25, -0.2) is 0 Å². The van der Waals surface area contributed by atoms with Crippen LogP contribution >= 0.6 is 11.5 Å². The summed E-state index contributed by atoms with van der Waals surface area (Å²) in [5, 5.41) is 6.96. The Morgan fingerprint density at radius 1 is 1.45 bits per heavy atom. The molecule has 1 saturated carbocycles. The number of carbonyl (C=O) groups is 1. The van der Waals surface area contributed by atoms with Crippen LogP contribution in [0.1, 0.15) is 34.6 Å². The second kappa shape index (κ2) is 5.75. The Hall–Kier alpha value is -1.05. The molecule has 0 spiro atoms. The maximum atomic E-state index is 12.2. The lowest BCUT2D eigenvalue weighted by Crippen LogP contribution is -2.62. The standard InChI is InChI=1S/C13H20N4O2S/c1-10-11(20-16-15-10)12(18)14-9-13(3-2-4-13)17-5-7-19-8-6-17/h2-9H2,1H3,(H,14,18). The Kier molecular flexibility index (Phi) is 4.00. The molecule has 0 atom stereocenters. The topological polar surface area (TPSA) is 67.4 Å². The third kappa shape index (κ3) is 2.57. The number of aryl methyl sites for hydroxylation is 1. The summed E-state index contributed by atoms with van der Waals surface area (Å²) in [5.74, 6) is -0.0444. The van der Waals surface area contributed by atoms with Crippen molar-refractivity contribution >= 4 is 17.4 Å². The minimum atomic E-state index is -0.0444. The van der Waals surface area contributed by atoms with E-state index in [2.05, 4.69) is 19.8 Å². The number of hydrogen-bond acceptors (Lipinski definition) is 6. The number of hydrogen-bond donors (Lipinski definition) is 1. The monoisotopic (exact) mass is 296 g/mol. The van der Waals surface area contributed by atoms with Gasteiger partial charge in [0.15, 0.2) is 0 Å². The van der Waals surface area contributed by atoms with Gasteiger partial charge >= 0.3 is 0 Å². The molecule has 0 bridgehead atoms. The Bertz CT molecular complexity index is 480. The maximum absolute atomic E-state index is 12.2. The number of carbonyl (C=O) groups excluding carboxylic acids is 1. The highest BCUT2D eigenvalue weighted by atomic mass is 32.1. The lowest BCUT2D eigenvalue weighted by atomic mass is 9.75. The molecule has 7 heteroatoms. The molecule has 2 heterocycles. The van der Waals surface area contributed by atoms with E-state index in [0.29, 0.717) is 17.1 Å². The first-order chi connectivity index (χ1) is 9.71. The lowest BCUT2D eigenvalue weighted by Gasteiger charge is -2.51. The Balaban J connectivity index is 1.61.